The molecule has 2 nitrogen and oxygen atoms in total. The quantitative estimate of drug-likeness (QED) is 0.226. The van der Waals surface area contributed by atoms with Crippen molar-refractivity contribution < 1.29 is 5.11 Å². The van der Waals surface area contributed by atoms with E-state index in [1.807, 2.05) is 66.8 Å². The van der Waals surface area contributed by atoms with E-state index in [1.54, 1.807) is 6.07 Å². The summed E-state index contributed by atoms with van der Waals surface area (Å²) in [4.78, 5) is 0. The third-order valence-corrected chi connectivity index (χ3v) is 15.6. The minimum atomic E-state index is -3.79. The van der Waals surface area contributed by atoms with E-state index in [4.69, 9.17) is 17.0 Å². The van der Waals surface area contributed by atoms with Gasteiger partial charge in [0.05, 0.1) is 0 Å². The summed E-state index contributed by atoms with van der Waals surface area (Å²) in [5.74, 6) is -3.58. The zero-order chi connectivity index (χ0) is 26.9. The fourth-order valence-corrected chi connectivity index (χ4v) is 12.7. The van der Waals surface area contributed by atoms with Crippen LogP contribution in [-0.2, 0) is 0 Å². The molecule has 0 bridgehead atoms. The molecule has 192 valence electrons. The standard InChI is InChI=1S/C35H29ClNOP/c36-39(27-14-4-1-5-15-27,28-16-6-2-7-17-28,29-18-8-3-9-19-29)35-22-12-21-33(37)32(35)25-31-30-20-11-10-13-26(30)23-24-34(31)38/h1-25,35,38H,37H2/b32-25+. The van der Waals surface area contributed by atoms with Crippen molar-refractivity contribution in [2.75, 3.05) is 0 Å². The average molecular weight is 546 g/mol. The SMILES string of the molecule is NC1=CC=CC(P(Cl)(c2ccccc2)(c2ccccc2)c2ccccc2)/C1=C/c1c(O)ccc2ccccc12. The fraction of sp³-hybridized carbons (Fsp3) is 0.0286. The van der Waals surface area contributed by atoms with Crippen LogP contribution in [0.4, 0.5) is 0 Å². The van der Waals surface area contributed by atoms with Crippen molar-refractivity contribution >= 4 is 50.0 Å². The second kappa shape index (κ2) is 9.89. The molecule has 39 heavy (non-hydrogen) atoms. The van der Waals surface area contributed by atoms with E-state index in [0.29, 0.717) is 5.70 Å². The second-order valence-corrected chi connectivity index (χ2v) is 16.2. The third-order valence-electron chi connectivity index (χ3n) is 7.77. The molecule has 5 aromatic carbocycles. The van der Waals surface area contributed by atoms with Gasteiger partial charge in [0.25, 0.3) is 0 Å². The Morgan fingerprint density at radius 2 is 1.18 bits per heavy atom. The molecule has 1 unspecified atom stereocenters. The fourth-order valence-electron chi connectivity index (χ4n) is 5.91. The molecule has 6 rings (SSSR count). The summed E-state index contributed by atoms with van der Waals surface area (Å²) in [6.07, 6.45) is 8.15. The molecule has 0 spiro atoms. The van der Waals surface area contributed by atoms with Crippen molar-refractivity contribution in [3.05, 3.63) is 162 Å². The van der Waals surface area contributed by atoms with E-state index < -0.39 is 5.96 Å². The van der Waals surface area contributed by atoms with Crippen LogP contribution in [0.25, 0.3) is 16.8 Å². The Kier molecular flexibility index (Phi) is 6.39. The second-order valence-electron chi connectivity index (χ2n) is 9.85. The number of hydrogen-bond donors (Lipinski definition) is 2. The Hall–Kier alpha value is -4.10. The van der Waals surface area contributed by atoms with Gasteiger partial charge in [0, 0.05) is 0 Å². The number of halogens is 1. The van der Waals surface area contributed by atoms with Crippen LogP contribution in [0.15, 0.2) is 157 Å². The average Bonchev–Trinajstić information content (AvgIpc) is 3.00. The molecular weight excluding hydrogens is 517 g/mol. The first-order valence-electron chi connectivity index (χ1n) is 13.0. The van der Waals surface area contributed by atoms with Gasteiger partial charge in [-0.15, -0.1) is 0 Å². The van der Waals surface area contributed by atoms with Crippen LogP contribution in [-0.4, -0.2) is 10.8 Å². The molecule has 0 aromatic heterocycles. The predicted molar refractivity (Wildman–Crippen MR) is 170 cm³/mol. The minimum absolute atomic E-state index is 0.205. The number of fused-ring (bicyclic) bond motifs is 1. The maximum atomic E-state index is 11.1. The van der Waals surface area contributed by atoms with Gasteiger partial charge in [-0.1, -0.05) is 0 Å². The van der Waals surface area contributed by atoms with Gasteiger partial charge < -0.3 is 0 Å². The summed E-state index contributed by atoms with van der Waals surface area (Å²) in [6, 6.07) is 43.0. The van der Waals surface area contributed by atoms with Gasteiger partial charge >= 0.3 is 235 Å². The topological polar surface area (TPSA) is 46.2 Å². The maximum absolute atomic E-state index is 11.1. The molecule has 0 aliphatic heterocycles. The van der Waals surface area contributed by atoms with Crippen molar-refractivity contribution in [1.29, 1.82) is 0 Å². The van der Waals surface area contributed by atoms with E-state index in [0.717, 1.165) is 37.8 Å². The third kappa shape index (κ3) is 3.91. The summed E-state index contributed by atoms with van der Waals surface area (Å²) in [6.45, 7) is 0. The number of rotatable bonds is 5. The van der Waals surface area contributed by atoms with Crippen LogP contribution in [0, 0.1) is 0 Å². The van der Waals surface area contributed by atoms with Crippen molar-refractivity contribution in [2.45, 2.75) is 5.66 Å². The van der Waals surface area contributed by atoms with Crippen LogP contribution >= 0.6 is 17.2 Å². The number of phenols is 1. The van der Waals surface area contributed by atoms with Gasteiger partial charge in [0.1, 0.15) is 0 Å². The number of benzene rings is 5. The molecule has 0 heterocycles. The molecule has 1 aliphatic carbocycles. The Morgan fingerprint density at radius 1 is 0.667 bits per heavy atom. The van der Waals surface area contributed by atoms with Crippen molar-refractivity contribution in [1.82, 2.24) is 0 Å². The van der Waals surface area contributed by atoms with Crippen LogP contribution in [0.3, 0.4) is 0 Å². The van der Waals surface area contributed by atoms with Crippen molar-refractivity contribution in [3.63, 3.8) is 0 Å². The molecule has 1 atom stereocenters. The summed E-state index contributed by atoms with van der Waals surface area (Å²) in [7, 11) is 0. The van der Waals surface area contributed by atoms with Gasteiger partial charge in [-0.05, 0) is 0 Å². The molecular formula is C35H29ClNOP. The Morgan fingerprint density at radius 3 is 1.74 bits per heavy atom. The van der Waals surface area contributed by atoms with E-state index >= 15 is 0 Å². The van der Waals surface area contributed by atoms with Crippen LogP contribution in [0.5, 0.6) is 5.75 Å². The predicted octanol–water partition coefficient (Wildman–Crippen LogP) is 7.39. The zero-order valence-electron chi connectivity index (χ0n) is 21.4. The summed E-state index contributed by atoms with van der Waals surface area (Å²) in [5, 5.41) is 16.3. The van der Waals surface area contributed by atoms with Crippen LogP contribution in [0.2, 0.25) is 0 Å². The van der Waals surface area contributed by atoms with Gasteiger partial charge in [-0.25, -0.2) is 0 Å². The summed E-state index contributed by atoms with van der Waals surface area (Å²) < 4.78 is 0. The summed E-state index contributed by atoms with van der Waals surface area (Å²) in [5.41, 5.74) is 8.77. The molecule has 1 aliphatic rings. The molecule has 3 N–H and O–H groups in total. The Labute approximate surface area is 234 Å². The van der Waals surface area contributed by atoms with Gasteiger partial charge in [-0.3, -0.25) is 0 Å². The number of allylic oxidation sites excluding steroid dienone is 4. The first kappa shape index (κ1) is 25.2. The van der Waals surface area contributed by atoms with Crippen LogP contribution in [0.1, 0.15) is 5.56 Å². The van der Waals surface area contributed by atoms with E-state index in [-0.39, 0.29) is 11.4 Å². The molecule has 0 saturated carbocycles. The van der Waals surface area contributed by atoms with E-state index in [1.165, 1.54) is 0 Å². The molecule has 0 fully saturated rings. The van der Waals surface area contributed by atoms with Gasteiger partial charge in [-0.2, -0.15) is 0 Å². The number of nitrogens with two attached hydrogens (primary N) is 1. The van der Waals surface area contributed by atoms with Crippen molar-refractivity contribution in [2.24, 2.45) is 5.73 Å². The first-order valence-corrected chi connectivity index (χ1v) is 16.2. The zero-order valence-corrected chi connectivity index (χ0v) is 23.0. The molecule has 5 aromatic rings. The molecule has 0 amide bonds. The molecule has 0 saturated heterocycles. The first-order chi connectivity index (χ1) is 19.0. The number of hydrogen-bond acceptors (Lipinski definition) is 2. The normalized spacial score (nSPS) is 17.5. The Bertz CT molecular complexity index is 1640. The van der Waals surface area contributed by atoms with Gasteiger partial charge in [0.2, 0.25) is 0 Å². The van der Waals surface area contributed by atoms with Gasteiger partial charge in [0.15, 0.2) is 0 Å². The summed E-state index contributed by atoms with van der Waals surface area (Å²) >= 11 is 8.53. The van der Waals surface area contributed by atoms with Crippen LogP contribution < -0.4 is 21.6 Å². The molecule has 0 radical (unpaired) electrons. The monoisotopic (exact) mass is 545 g/mol. The number of phenolic OH excluding ortho intramolecular Hbond substituents is 1. The molecule has 4 heteroatoms. The Balaban J connectivity index is 1.75. The van der Waals surface area contributed by atoms with E-state index in [9.17, 15) is 5.11 Å². The number of aromatic hydroxyl groups is 1. The van der Waals surface area contributed by atoms with E-state index in [2.05, 4.69) is 78.9 Å². The van der Waals surface area contributed by atoms with Crippen molar-refractivity contribution in [3.8, 4) is 5.75 Å².